The molecule has 1 heterocycles. The van der Waals surface area contributed by atoms with Crippen LogP contribution in [0.4, 0.5) is 0 Å². The fraction of sp³-hybridized carbons (Fsp3) is 0.889. The number of rotatable bonds is 4. The molecule has 3 heteroatoms. The molecule has 1 rings (SSSR count). The van der Waals surface area contributed by atoms with Crippen LogP contribution in [0, 0.1) is 5.92 Å². The maximum Gasteiger partial charge on any atom is 0.225 e. The summed E-state index contributed by atoms with van der Waals surface area (Å²) >= 11 is 5.55. The summed E-state index contributed by atoms with van der Waals surface area (Å²) in [7, 11) is 0. The lowest BCUT2D eigenvalue weighted by Gasteiger charge is -2.15. The Morgan fingerprint density at radius 3 is 2.83 bits per heavy atom. The van der Waals surface area contributed by atoms with E-state index in [4.69, 9.17) is 11.6 Å². The van der Waals surface area contributed by atoms with E-state index >= 15 is 0 Å². The van der Waals surface area contributed by atoms with Crippen LogP contribution in [0.5, 0.6) is 0 Å². The minimum absolute atomic E-state index is 0.251. The van der Waals surface area contributed by atoms with Crippen LogP contribution in [0.15, 0.2) is 0 Å². The SMILES string of the molecule is CC1CCN(CCCCCl)C1=O. The molecule has 12 heavy (non-hydrogen) atoms. The third-order valence-electron chi connectivity index (χ3n) is 2.38. The number of amides is 1. The highest BCUT2D eigenvalue weighted by Crippen LogP contribution is 2.17. The lowest BCUT2D eigenvalue weighted by atomic mass is 10.1. The first-order valence-corrected chi connectivity index (χ1v) is 5.14. The maximum absolute atomic E-state index is 11.4. The number of carbonyl (C=O) groups excluding carboxylic acids is 1. The Bertz CT molecular complexity index is 161. The fourth-order valence-corrected chi connectivity index (χ4v) is 1.70. The second-order valence-electron chi connectivity index (χ2n) is 3.41. The summed E-state index contributed by atoms with van der Waals surface area (Å²) in [5.41, 5.74) is 0. The molecule has 1 saturated heterocycles. The van der Waals surface area contributed by atoms with Gasteiger partial charge in [-0.3, -0.25) is 4.79 Å². The minimum Gasteiger partial charge on any atom is -0.342 e. The van der Waals surface area contributed by atoms with Crippen molar-refractivity contribution in [2.75, 3.05) is 19.0 Å². The first-order chi connectivity index (χ1) is 5.75. The number of hydrogen-bond acceptors (Lipinski definition) is 1. The van der Waals surface area contributed by atoms with Crippen molar-refractivity contribution >= 4 is 17.5 Å². The molecule has 0 bridgehead atoms. The lowest BCUT2D eigenvalue weighted by Crippen LogP contribution is -2.27. The van der Waals surface area contributed by atoms with Crippen LogP contribution in [0.3, 0.4) is 0 Å². The molecule has 1 fully saturated rings. The van der Waals surface area contributed by atoms with Crippen molar-refractivity contribution in [3.8, 4) is 0 Å². The number of hydrogen-bond donors (Lipinski definition) is 0. The van der Waals surface area contributed by atoms with E-state index in [0.717, 1.165) is 32.4 Å². The summed E-state index contributed by atoms with van der Waals surface area (Å²) in [6.45, 7) is 3.85. The Labute approximate surface area is 78.9 Å². The van der Waals surface area contributed by atoms with Gasteiger partial charge in [-0.25, -0.2) is 0 Å². The van der Waals surface area contributed by atoms with Crippen molar-refractivity contribution in [3.05, 3.63) is 0 Å². The number of carbonyl (C=O) groups is 1. The molecule has 1 aliphatic heterocycles. The highest BCUT2D eigenvalue weighted by molar-refractivity contribution is 6.17. The van der Waals surface area contributed by atoms with Crippen LogP contribution in [-0.2, 0) is 4.79 Å². The molecule has 2 nitrogen and oxygen atoms in total. The van der Waals surface area contributed by atoms with Crippen LogP contribution in [0.25, 0.3) is 0 Å². The predicted octanol–water partition coefficient (Wildman–Crippen LogP) is 1.87. The summed E-state index contributed by atoms with van der Waals surface area (Å²) in [4.78, 5) is 13.3. The first kappa shape index (κ1) is 9.85. The van der Waals surface area contributed by atoms with Crippen molar-refractivity contribution in [3.63, 3.8) is 0 Å². The number of alkyl halides is 1. The van der Waals surface area contributed by atoms with Crippen molar-refractivity contribution in [2.45, 2.75) is 26.2 Å². The van der Waals surface area contributed by atoms with E-state index in [1.54, 1.807) is 0 Å². The predicted molar refractivity (Wildman–Crippen MR) is 50.3 cm³/mol. The number of likely N-dealkylation sites (tertiary alicyclic amines) is 1. The quantitative estimate of drug-likeness (QED) is 0.489. The molecule has 70 valence electrons. The van der Waals surface area contributed by atoms with Crippen molar-refractivity contribution in [1.82, 2.24) is 4.90 Å². The Kier molecular flexibility index (Phi) is 3.86. The number of halogens is 1. The molecule has 1 unspecified atom stereocenters. The Morgan fingerprint density at radius 1 is 1.58 bits per heavy atom. The Balaban J connectivity index is 2.20. The Morgan fingerprint density at radius 2 is 2.33 bits per heavy atom. The summed E-state index contributed by atoms with van der Waals surface area (Å²) in [5, 5.41) is 0. The zero-order valence-electron chi connectivity index (χ0n) is 7.55. The fourth-order valence-electron chi connectivity index (χ4n) is 1.51. The third-order valence-corrected chi connectivity index (χ3v) is 2.64. The van der Waals surface area contributed by atoms with E-state index in [9.17, 15) is 4.79 Å². The van der Waals surface area contributed by atoms with Gasteiger partial charge in [-0.1, -0.05) is 6.92 Å². The van der Waals surface area contributed by atoms with Crippen LogP contribution < -0.4 is 0 Å². The van der Waals surface area contributed by atoms with E-state index in [1.807, 2.05) is 11.8 Å². The molecule has 0 aliphatic carbocycles. The summed E-state index contributed by atoms with van der Waals surface area (Å²) in [5.74, 6) is 1.28. The van der Waals surface area contributed by atoms with Crippen molar-refractivity contribution in [2.24, 2.45) is 5.92 Å². The van der Waals surface area contributed by atoms with Gasteiger partial charge in [0.15, 0.2) is 0 Å². The van der Waals surface area contributed by atoms with Gasteiger partial charge in [-0.15, -0.1) is 11.6 Å². The zero-order valence-corrected chi connectivity index (χ0v) is 8.31. The van der Waals surface area contributed by atoms with E-state index in [2.05, 4.69) is 0 Å². The molecule has 0 aromatic heterocycles. The van der Waals surface area contributed by atoms with Gasteiger partial charge in [0, 0.05) is 24.9 Å². The van der Waals surface area contributed by atoms with E-state index in [0.29, 0.717) is 11.8 Å². The van der Waals surface area contributed by atoms with Crippen molar-refractivity contribution < 1.29 is 4.79 Å². The zero-order chi connectivity index (χ0) is 8.97. The standard InChI is InChI=1S/C9H16ClNO/c1-8-4-7-11(9(8)12)6-3-2-5-10/h8H,2-7H2,1H3. The molecule has 1 amide bonds. The smallest absolute Gasteiger partial charge is 0.225 e. The molecule has 0 aromatic rings. The van der Waals surface area contributed by atoms with Crippen molar-refractivity contribution in [1.29, 1.82) is 0 Å². The normalized spacial score (nSPS) is 23.7. The average molecular weight is 190 g/mol. The Hall–Kier alpha value is -0.240. The van der Waals surface area contributed by atoms with Crippen LogP contribution in [0.2, 0.25) is 0 Å². The maximum atomic E-state index is 11.4. The van der Waals surface area contributed by atoms with Gasteiger partial charge in [0.1, 0.15) is 0 Å². The first-order valence-electron chi connectivity index (χ1n) is 4.60. The highest BCUT2D eigenvalue weighted by Gasteiger charge is 2.26. The summed E-state index contributed by atoms with van der Waals surface area (Å²) in [6.07, 6.45) is 3.08. The molecule has 1 atom stereocenters. The molecule has 1 aliphatic rings. The van der Waals surface area contributed by atoms with E-state index < -0.39 is 0 Å². The molecule has 0 radical (unpaired) electrons. The molecule has 0 N–H and O–H groups in total. The number of nitrogens with zero attached hydrogens (tertiary/aromatic N) is 1. The molecule has 0 spiro atoms. The monoisotopic (exact) mass is 189 g/mol. The van der Waals surface area contributed by atoms with Gasteiger partial charge >= 0.3 is 0 Å². The summed E-state index contributed by atoms with van der Waals surface area (Å²) in [6, 6.07) is 0. The van der Waals surface area contributed by atoms with Gasteiger partial charge in [0.25, 0.3) is 0 Å². The topological polar surface area (TPSA) is 20.3 Å². The molecule has 0 saturated carbocycles. The molecular weight excluding hydrogens is 174 g/mol. The third kappa shape index (κ3) is 2.37. The van der Waals surface area contributed by atoms with Gasteiger partial charge in [-0.2, -0.15) is 0 Å². The van der Waals surface area contributed by atoms with Gasteiger partial charge in [-0.05, 0) is 19.3 Å². The van der Waals surface area contributed by atoms with Crippen LogP contribution in [-0.4, -0.2) is 29.8 Å². The largest absolute Gasteiger partial charge is 0.342 e. The minimum atomic E-state index is 0.251. The average Bonchev–Trinajstić information content (AvgIpc) is 2.36. The number of unbranched alkanes of at least 4 members (excludes halogenated alkanes) is 1. The second kappa shape index (κ2) is 4.70. The van der Waals surface area contributed by atoms with Crippen LogP contribution >= 0.6 is 11.6 Å². The van der Waals surface area contributed by atoms with Gasteiger partial charge in [0.05, 0.1) is 0 Å². The lowest BCUT2D eigenvalue weighted by molar-refractivity contribution is -0.130. The van der Waals surface area contributed by atoms with E-state index in [1.165, 1.54) is 0 Å². The second-order valence-corrected chi connectivity index (χ2v) is 3.79. The van der Waals surface area contributed by atoms with Crippen LogP contribution in [0.1, 0.15) is 26.2 Å². The summed E-state index contributed by atoms with van der Waals surface area (Å²) < 4.78 is 0. The molecular formula is C9H16ClNO. The highest BCUT2D eigenvalue weighted by atomic mass is 35.5. The molecule has 0 aromatic carbocycles. The van der Waals surface area contributed by atoms with Gasteiger partial charge < -0.3 is 4.90 Å². The van der Waals surface area contributed by atoms with Gasteiger partial charge in [0.2, 0.25) is 5.91 Å². The van der Waals surface area contributed by atoms with E-state index in [-0.39, 0.29) is 5.92 Å².